The first-order valence-electron chi connectivity index (χ1n) is 7.16. The third-order valence-electron chi connectivity index (χ3n) is 4.85. The van der Waals surface area contributed by atoms with E-state index in [0.29, 0.717) is 6.04 Å². The van der Waals surface area contributed by atoms with Crippen LogP contribution in [-0.2, 0) is 0 Å². The van der Waals surface area contributed by atoms with Gasteiger partial charge in [-0.2, -0.15) is 0 Å². The van der Waals surface area contributed by atoms with Crippen LogP contribution in [0, 0.1) is 5.92 Å². The van der Waals surface area contributed by atoms with E-state index in [1.54, 1.807) is 11.1 Å². The molecule has 0 saturated heterocycles. The monoisotopic (exact) mass is 229 g/mol. The first-order valence-corrected chi connectivity index (χ1v) is 7.16. The lowest BCUT2D eigenvalue weighted by molar-refractivity contribution is 0.352. The smallest absolute Gasteiger partial charge is 0.0320 e. The van der Waals surface area contributed by atoms with Gasteiger partial charge in [-0.15, -0.1) is 0 Å². The first kappa shape index (κ1) is 11.3. The Kier molecular flexibility index (Phi) is 3.19. The summed E-state index contributed by atoms with van der Waals surface area (Å²) in [6, 6.07) is 9.71. The van der Waals surface area contributed by atoms with Gasteiger partial charge in [0.2, 0.25) is 0 Å². The van der Waals surface area contributed by atoms with E-state index in [4.69, 9.17) is 0 Å². The molecule has 92 valence electrons. The highest BCUT2D eigenvalue weighted by atomic mass is 14.9. The molecule has 2 aliphatic carbocycles. The number of hydrogen-bond acceptors (Lipinski definition) is 1. The van der Waals surface area contributed by atoms with Crippen molar-refractivity contribution >= 4 is 0 Å². The highest BCUT2D eigenvalue weighted by Gasteiger charge is 2.32. The molecule has 2 atom stereocenters. The average Bonchev–Trinajstić information content (AvgIpc) is 2.91. The minimum absolute atomic E-state index is 0.587. The largest absolute Gasteiger partial charge is 0.313 e. The predicted molar refractivity (Wildman–Crippen MR) is 72.2 cm³/mol. The number of nitrogens with one attached hydrogen (secondary N) is 1. The summed E-state index contributed by atoms with van der Waals surface area (Å²) in [5, 5.41) is 3.47. The quantitative estimate of drug-likeness (QED) is 0.808. The van der Waals surface area contributed by atoms with E-state index in [0.717, 1.165) is 11.8 Å². The van der Waals surface area contributed by atoms with Crippen molar-refractivity contribution in [1.82, 2.24) is 5.32 Å². The third kappa shape index (κ3) is 2.01. The maximum atomic E-state index is 3.47. The Morgan fingerprint density at radius 1 is 0.941 bits per heavy atom. The number of hydrogen-bond donors (Lipinski definition) is 1. The van der Waals surface area contributed by atoms with E-state index >= 15 is 0 Å². The maximum Gasteiger partial charge on any atom is 0.0320 e. The summed E-state index contributed by atoms with van der Waals surface area (Å²) in [7, 11) is 2.09. The number of fused-ring (bicyclic) bond motifs is 1. The summed E-state index contributed by atoms with van der Waals surface area (Å²) >= 11 is 0. The summed E-state index contributed by atoms with van der Waals surface area (Å²) in [6.07, 6.45) is 8.53. The minimum Gasteiger partial charge on any atom is -0.313 e. The Morgan fingerprint density at radius 2 is 1.65 bits per heavy atom. The van der Waals surface area contributed by atoms with Crippen LogP contribution in [0.1, 0.15) is 61.6 Å². The molecule has 0 aromatic heterocycles. The fourth-order valence-corrected chi connectivity index (χ4v) is 3.97. The fourth-order valence-electron chi connectivity index (χ4n) is 3.97. The molecule has 0 unspecified atom stereocenters. The van der Waals surface area contributed by atoms with Gasteiger partial charge in [0.15, 0.2) is 0 Å². The van der Waals surface area contributed by atoms with E-state index in [1.807, 2.05) is 0 Å². The Bertz CT molecular complexity index is 379. The van der Waals surface area contributed by atoms with Gasteiger partial charge in [-0.3, -0.25) is 0 Å². The Hall–Kier alpha value is -0.820. The molecular formula is C16H23N. The second kappa shape index (κ2) is 4.81. The van der Waals surface area contributed by atoms with Crippen LogP contribution >= 0.6 is 0 Å². The summed E-state index contributed by atoms with van der Waals surface area (Å²) in [5.74, 6) is 1.81. The van der Waals surface area contributed by atoms with Crippen LogP contribution in [-0.4, -0.2) is 7.05 Å². The van der Waals surface area contributed by atoms with Crippen LogP contribution in [0.5, 0.6) is 0 Å². The SMILES string of the molecule is CN[C@@H]1CC[C@@H](C2CCCC2)c2ccccc21. The molecule has 2 aliphatic rings. The van der Waals surface area contributed by atoms with Gasteiger partial charge < -0.3 is 5.32 Å². The summed E-state index contributed by atoms with van der Waals surface area (Å²) in [6.45, 7) is 0. The summed E-state index contributed by atoms with van der Waals surface area (Å²) in [5.41, 5.74) is 3.21. The normalized spacial score (nSPS) is 29.2. The topological polar surface area (TPSA) is 12.0 Å². The second-order valence-electron chi connectivity index (χ2n) is 5.70. The highest BCUT2D eigenvalue weighted by Crippen LogP contribution is 2.46. The molecule has 0 radical (unpaired) electrons. The molecule has 0 bridgehead atoms. The van der Waals surface area contributed by atoms with Crippen LogP contribution in [0.15, 0.2) is 24.3 Å². The zero-order valence-electron chi connectivity index (χ0n) is 10.8. The van der Waals surface area contributed by atoms with Crippen molar-refractivity contribution < 1.29 is 0 Å². The van der Waals surface area contributed by atoms with Crippen molar-refractivity contribution in [3.05, 3.63) is 35.4 Å². The summed E-state index contributed by atoms with van der Waals surface area (Å²) in [4.78, 5) is 0. The molecule has 1 aromatic carbocycles. The average molecular weight is 229 g/mol. The first-order chi connectivity index (χ1) is 8.40. The van der Waals surface area contributed by atoms with Gasteiger partial charge >= 0.3 is 0 Å². The molecule has 1 aromatic rings. The molecular weight excluding hydrogens is 206 g/mol. The molecule has 17 heavy (non-hydrogen) atoms. The number of rotatable bonds is 2. The van der Waals surface area contributed by atoms with Crippen LogP contribution in [0.3, 0.4) is 0 Å². The van der Waals surface area contributed by atoms with Crippen molar-refractivity contribution in [3.8, 4) is 0 Å². The highest BCUT2D eigenvalue weighted by molar-refractivity contribution is 5.36. The zero-order valence-corrected chi connectivity index (χ0v) is 10.8. The standard InChI is InChI=1S/C16H23N/c1-17-16-11-10-13(12-6-2-3-7-12)14-8-4-5-9-15(14)16/h4-5,8-9,12-13,16-17H,2-3,6-7,10-11H2,1H3/t13-,16+/m0/s1. The maximum absolute atomic E-state index is 3.47. The minimum atomic E-state index is 0.587. The number of benzene rings is 1. The second-order valence-corrected chi connectivity index (χ2v) is 5.70. The van der Waals surface area contributed by atoms with Gasteiger partial charge in [0.25, 0.3) is 0 Å². The van der Waals surface area contributed by atoms with Gasteiger partial charge in [-0.25, -0.2) is 0 Å². The Balaban J connectivity index is 1.92. The van der Waals surface area contributed by atoms with E-state index in [-0.39, 0.29) is 0 Å². The molecule has 0 aliphatic heterocycles. The van der Waals surface area contributed by atoms with E-state index in [9.17, 15) is 0 Å². The van der Waals surface area contributed by atoms with Crippen molar-refractivity contribution in [2.24, 2.45) is 5.92 Å². The molecule has 1 saturated carbocycles. The van der Waals surface area contributed by atoms with Crippen molar-refractivity contribution in [2.45, 2.75) is 50.5 Å². The van der Waals surface area contributed by atoms with Gasteiger partial charge in [0.1, 0.15) is 0 Å². The molecule has 3 rings (SSSR count). The molecule has 1 nitrogen and oxygen atoms in total. The Labute approximate surface area is 105 Å². The predicted octanol–water partition coefficient (Wildman–Crippen LogP) is 4.01. The lowest BCUT2D eigenvalue weighted by Gasteiger charge is -2.34. The van der Waals surface area contributed by atoms with Gasteiger partial charge in [0.05, 0.1) is 0 Å². The lowest BCUT2D eigenvalue weighted by atomic mass is 9.73. The van der Waals surface area contributed by atoms with Crippen LogP contribution < -0.4 is 5.32 Å². The van der Waals surface area contributed by atoms with Gasteiger partial charge in [0, 0.05) is 6.04 Å². The summed E-state index contributed by atoms with van der Waals surface area (Å²) < 4.78 is 0. The molecule has 1 N–H and O–H groups in total. The molecule has 1 heteroatoms. The van der Waals surface area contributed by atoms with Crippen LogP contribution in [0.2, 0.25) is 0 Å². The van der Waals surface area contributed by atoms with Crippen molar-refractivity contribution in [3.63, 3.8) is 0 Å². The van der Waals surface area contributed by atoms with E-state index in [2.05, 4.69) is 36.6 Å². The molecule has 0 heterocycles. The third-order valence-corrected chi connectivity index (χ3v) is 4.85. The van der Waals surface area contributed by atoms with Gasteiger partial charge in [-0.1, -0.05) is 37.1 Å². The zero-order chi connectivity index (χ0) is 11.7. The van der Waals surface area contributed by atoms with Crippen molar-refractivity contribution in [2.75, 3.05) is 7.05 Å². The van der Waals surface area contributed by atoms with E-state index < -0.39 is 0 Å². The molecule has 1 fully saturated rings. The van der Waals surface area contributed by atoms with E-state index in [1.165, 1.54) is 38.5 Å². The lowest BCUT2D eigenvalue weighted by Crippen LogP contribution is -2.26. The fraction of sp³-hybridized carbons (Fsp3) is 0.625. The molecule has 0 spiro atoms. The Morgan fingerprint density at radius 3 is 2.35 bits per heavy atom. The van der Waals surface area contributed by atoms with Crippen LogP contribution in [0.4, 0.5) is 0 Å². The van der Waals surface area contributed by atoms with Gasteiger partial charge in [-0.05, 0) is 55.7 Å². The molecule has 0 amide bonds. The van der Waals surface area contributed by atoms with Crippen molar-refractivity contribution in [1.29, 1.82) is 0 Å². The van der Waals surface area contributed by atoms with Crippen LogP contribution in [0.25, 0.3) is 0 Å².